The van der Waals surface area contributed by atoms with E-state index in [4.69, 9.17) is 21.1 Å². The standard InChI is InChI=1S/C35H38ClFN4O5.H2O/c1-20-15-40(21(2)14-38(20)3)23-9-10-27(30(36)11-23)34(42)39-16-22-5-4-6-26(33(22)46-19-39)28-13-32(29(35(43)44)12-31(28)37)41-24-7-8-25(41)18-45-17-24;/h4-6,9-13,20-21,24-25H,7-8,14-19H2,1-3H3,(H,43,44);1H2/t20-,21-,24?,25?;/m1./s1. The zero-order valence-corrected chi connectivity index (χ0v) is 27.5. The summed E-state index contributed by atoms with van der Waals surface area (Å²) in [5.41, 5.74) is 3.29. The average Bonchev–Trinajstić information content (AvgIpc) is 3.28. The summed E-state index contributed by atoms with van der Waals surface area (Å²) in [5.74, 6) is -1.60. The van der Waals surface area contributed by atoms with Crippen molar-refractivity contribution < 1.29 is 34.0 Å². The van der Waals surface area contributed by atoms with Crippen molar-refractivity contribution in [2.45, 2.75) is 57.4 Å². The molecule has 250 valence electrons. The number of halogens is 2. The van der Waals surface area contributed by atoms with Crippen molar-refractivity contribution >= 4 is 34.9 Å². The summed E-state index contributed by atoms with van der Waals surface area (Å²) >= 11 is 6.72. The minimum Gasteiger partial charge on any atom is -0.478 e. The van der Waals surface area contributed by atoms with Gasteiger partial charge in [-0.15, -0.1) is 0 Å². The number of piperazine rings is 1. The number of para-hydroxylation sites is 1. The summed E-state index contributed by atoms with van der Waals surface area (Å²) in [6.45, 7) is 7.43. The number of hydrogen-bond acceptors (Lipinski definition) is 7. The zero-order chi connectivity index (χ0) is 32.3. The van der Waals surface area contributed by atoms with Gasteiger partial charge in [0.1, 0.15) is 11.6 Å². The Morgan fingerprint density at radius 1 is 0.957 bits per heavy atom. The first-order valence-electron chi connectivity index (χ1n) is 15.8. The molecule has 2 bridgehead atoms. The van der Waals surface area contributed by atoms with Crippen LogP contribution >= 0.6 is 11.6 Å². The van der Waals surface area contributed by atoms with E-state index in [0.29, 0.717) is 52.9 Å². The summed E-state index contributed by atoms with van der Waals surface area (Å²) in [4.78, 5) is 34.2. The molecular formula is C35H40ClFN4O6. The molecule has 0 saturated carbocycles. The van der Waals surface area contributed by atoms with Gasteiger partial charge in [-0.2, -0.15) is 0 Å². The number of carboxylic acids is 1. The number of nitrogens with zero attached hydrogens (tertiary/aromatic N) is 4. The number of likely N-dealkylation sites (N-methyl/N-ethyl adjacent to an activating group) is 1. The van der Waals surface area contributed by atoms with Gasteiger partial charge in [-0.3, -0.25) is 9.69 Å². The Kier molecular flexibility index (Phi) is 9.10. The second-order valence-corrected chi connectivity index (χ2v) is 13.4. The van der Waals surface area contributed by atoms with E-state index >= 15 is 4.39 Å². The predicted molar refractivity (Wildman–Crippen MR) is 178 cm³/mol. The molecule has 47 heavy (non-hydrogen) atoms. The van der Waals surface area contributed by atoms with Gasteiger partial charge in [-0.25, -0.2) is 9.18 Å². The third-order valence-electron chi connectivity index (χ3n) is 10.0. The molecule has 3 aromatic carbocycles. The van der Waals surface area contributed by atoms with Crippen LogP contribution in [0.5, 0.6) is 5.75 Å². The molecule has 4 heterocycles. The lowest BCUT2D eigenvalue weighted by molar-refractivity contribution is 0.0515. The number of carbonyl (C=O) groups excluding carboxylic acids is 1. The lowest BCUT2D eigenvalue weighted by Crippen LogP contribution is -2.55. The Balaban J connectivity index is 0.00000386. The quantitative estimate of drug-likeness (QED) is 0.409. The molecule has 4 atom stereocenters. The summed E-state index contributed by atoms with van der Waals surface area (Å²) < 4.78 is 27.6. The van der Waals surface area contributed by atoms with Crippen LogP contribution in [0.4, 0.5) is 15.8 Å². The van der Waals surface area contributed by atoms with Crippen LogP contribution in [0, 0.1) is 5.82 Å². The number of rotatable bonds is 5. The molecule has 10 nitrogen and oxygen atoms in total. The lowest BCUT2D eigenvalue weighted by Gasteiger charge is -2.44. The number of morpholine rings is 1. The lowest BCUT2D eigenvalue weighted by atomic mass is 9.96. The molecule has 4 aliphatic rings. The van der Waals surface area contributed by atoms with Crippen LogP contribution in [-0.2, 0) is 11.3 Å². The van der Waals surface area contributed by atoms with E-state index < -0.39 is 11.8 Å². The normalized spacial score (nSPS) is 24.0. The highest BCUT2D eigenvalue weighted by Gasteiger charge is 2.40. The summed E-state index contributed by atoms with van der Waals surface area (Å²) in [5, 5.41) is 10.4. The first-order valence-corrected chi connectivity index (χ1v) is 16.2. The minimum atomic E-state index is -1.17. The molecule has 0 aromatic heterocycles. The van der Waals surface area contributed by atoms with Gasteiger partial charge in [0.25, 0.3) is 5.91 Å². The van der Waals surface area contributed by atoms with E-state index in [1.54, 1.807) is 29.2 Å². The molecule has 12 heteroatoms. The fraction of sp³-hybridized carbons (Fsp3) is 0.429. The maximum Gasteiger partial charge on any atom is 0.337 e. The Morgan fingerprint density at radius 2 is 1.70 bits per heavy atom. The van der Waals surface area contributed by atoms with Crippen molar-refractivity contribution in [3.63, 3.8) is 0 Å². The Morgan fingerprint density at radius 3 is 2.40 bits per heavy atom. The molecule has 1 amide bonds. The first kappa shape index (κ1) is 33.0. The van der Waals surface area contributed by atoms with Gasteiger partial charge in [-0.1, -0.05) is 29.8 Å². The highest BCUT2D eigenvalue weighted by Crippen LogP contribution is 2.43. The van der Waals surface area contributed by atoms with E-state index in [2.05, 4.69) is 35.6 Å². The smallest absolute Gasteiger partial charge is 0.337 e. The number of anilines is 2. The van der Waals surface area contributed by atoms with Crippen LogP contribution in [0.1, 0.15) is 53.0 Å². The first-order chi connectivity index (χ1) is 22.1. The average molecular weight is 667 g/mol. The molecule has 0 spiro atoms. The number of carboxylic acid groups (broad SMARTS) is 1. The molecule has 3 N–H and O–H groups in total. The predicted octanol–water partition coefficient (Wildman–Crippen LogP) is 4.91. The van der Waals surface area contributed by atoms with Crippen molar-refractivity contribution in [3.05, 3.63) is 76.1 Å². The van der Waals surface area contributed by atoms with Crippen LogP contribution in [0.2, 0.25) is 5.02 Å². The molecule has 3 saturated heterocycles. The minimum absolute atomic E-state index is 0. The van der Waals surface area contributed by atoms with Gasteiger partial charge in [-0.05, 0) is 64.1 Å². The number of fused-ring (bicyclic) bond motifs is 3. The third kappa shape index (κ3) is 5.90. The van der Waals surface area contributed by atoms with E-state index in [1.165, 1.54) is 0 Å². The van der Waals surface area contributed by atoms with Crippen molar-refractivity contribution in [3.8, 4) is 16.9 Å². The fourth-order valence-corrected chi connectivity index (χ4v) is 7.73. The monoisotopic (exact) mass is 666 g/mol. The number of hydrogen-bond donors (Lipinski definition) is 1. The largest absolute Gasteiger partial charge is 0.478 e. The second-order valence-electron chi connectivity index (χ2n) is 13.0. The van der Waals surface area contributed by atoms with Crippen LogP contribution in [0.25, 0.3) is 11.1 Å². The molecule has 0 aliphatic carbocycles. The molecule has 3 fully saturated rings. The maximum atomic E-state index is 15.7. The Hall–Kier alpha value is -3.90. The fourth-order valence-electron chi connectivity index (χ4n) is 7.48. The summed E-state index contributed by atoms with van der Waals surface area (Å²) in [7, 11) is 2.13. The number of ether oxygens (including phenoxy) is 2. The number of aromatic carboxylic acids is 1. The molecule has 0 radical (unpaired) electrons. The number of benzene rings is 3. The molecule has 4 aliphatic heterocycles. The highest BCUT2D eigenvalue weighted by atomic mass is 35.5. The topological polar surface area (TPSA) is 117 Å². The van der Waals surface area contributed by atoms with Gasteiger partial charge in [0.2, 0.25) is 0 Å². The van der Waals surface area contributed by atoms with Crippen LogP contribution in [0.3, 0.4) is 0 Å². The second kappa shape index (κ2) is 13.0. The number of carbonyl (C=O) groups is 2. The van der Waals surface area contributed by atoms with Gasteiger partial charge in [0, 0.05) is 47.6 Å². The van der Waals surface area contributed by atoms with E-state index in [1.807, 2.05) is 18.2 Å². The van der Waals surface area contributed by atoms with Gasteiger partial charge in [0.15, 0.2) is 6.73 Å². The van der Waals surface area contributed by atoms with E-state index in [9.17, 15) is 14.7 Å². The van der Waals surface area contributed by atoms with Gasteiger partial charge < -0.3 is 34.8 Å². The highest BCUT2D eigenvalue weighted by molar-refractivity contribution is 6.34. The summed E-state index contributed by atoms with van der Waals surface area (Å²) in [6, 6.07) is 14.6. The number of amides is 1. The SMILES string of the molecule is C[C@@H]1CN(c2ccc(C(=O)N3COc4c(cccc4-c4cc(N5C6CCC5COC6)c(C(=O)O)cc4F)C3)c(Cl)c2)[C@H](C)CN1C.O. The van der Waals surface area contributed by atoms with Gasteiger partial charge >= 0.3 is 5.97 Å². The van der Waals surface area contributed by atoms with Crippen molar-refractivity contribution in [1.29, 1.82) is 0 Å². The zero-order valence-electron chi connectivity index (χ0n) is 26.7. The van der Waals surface area contributed by atoms with Crippen molar-refractivity contribution in [2.24, 2.45) is 0 Å². The van der Waals surface area contributed by atoms with Crippen molar-refractivity contribution in [1.82, 2.24) is 9.80 Å². The third-order valence-corrected chi connectivity index (χ3v) is 10.4. The molecular weight excluding hydrogens is 627 g/mol. The van der Waals surface area contributed by atoms with E-state index in [0.717, 1.165) is 43.2 Å². The van der Waals surface area contributed by atoms with E-state index in [-0.39, 0.29) is 47.9 Å². The molecule has 7 rings (SSSR count). The van der Waals surface area contributed by atoms with Crippen molar-refractivity contribution in [2.75, 3.05) is 49.9 Å². The van der Waals surface area contributed by atoms with Crippen LogP contribution < -0.4 is 14.5 Å². The molecule has 2 unspecified atom stereocenters. The molecule has 3 aromatic rings. The Labute approximate surface area is 278 Å². The van der Waals surface area contributed by atoms with Gasteiger partial charge in [0.05, 0.1) is 53.7 Å². The Bertz CT molecular complexity index is 1690. The van der Waals surface area contributed by atoms with Crippen LogP contribution in [-0.4, -0.2) is 96.5 Å². The summed E-state index contributed by atoms with van der Waals surface area (Å²) in [6.07, 6.45) is 1.79. The maximum absolute atomic E-state index is 15.7. The van der Waals surface area contributed by atoms with Crippen LogP contribution in [0.15, 0.2) is 48.5 Å².